The van der Waals surface area contributed by atoms with Crippen molar-refractivity contribution in [1.82, 2.24) is 5.06 Å². The van der Waals surface area contributed by atoms with Gasteiger partial charge in [0.2, 0.25) is 0 Å². The number of hydrogen-bond acceptors (Lipinski definition) is 4. The van der Waals surface area contributed by atoms with Crippen molar-refractivity contribution in [2.24, 2.45) is 5.11 Å². The van der Waals surface area contributed by atoms with Gasteiger partial charge in [-0.25, -0.2) is 0 Å². The second-order valence-electron chi connectivity index (χ2n) is 4.01. The van der Waals surface area contributed by atoms with Crippen LogP contribution in [0.1, 0.15) is 20.7 Å². The molecule has 0 spiro atoms. The van der Waals surface area contributed by atoms with Gasteiger partial charge in [0.25, 0.3) is 11.8 Å². The quantitative estimate of drug-likeness (QED) is 0.278. The Bertz CT molecular complexity index is 793. The molecular weight excluding hydrogens is 248 g/mol. The number of hydroxylamine groups is 2. The molecule has 0 bridgehead atoms. The molecule has 0 saturated heterocycles. The number of hydrogen-bond donors (Lipinski definition) is 1. The second-order valence-corrected chi connectivity index (χ2v) is 4.01. The lowest BCUT2D eigenvalue weighted by molar-refractivity contribution is -0.0377. The zero-order valence-electron chi connectivity index (χ0n) is 9.44. The maximum Gasteiger partial charge on any atom is 0.285 e. The SMILES string of the molecule is [N-]=[N+]=Nc1cc2c3c(cccc3c1)C(=O)N(O)C2=O. The molecule has 0 atom stereocenters. The third-order valence-corrected chi connectivity index (χ3v) is 2.97. The van der Waals surface area contributed by atoms with Crippen molar-refractivity contribution in [3.05, 3.63) is 51.9 Å². The zero-order valence-corrected chi connectivity index (χ0v) is 9.44. The number of azide groups is 1. The summed E-state index contributed by atoms with van der Waals surface area (Å²) in [5.74, 6) is -1.59. The number of carbonyl (C=O) groups excluding carboxylic acids is 2. The average Bonchev–Trinajstić information content (AvgIpc) is 2.42. The van der Waals surface area contributed by atoms with Crippen LogP contribution in [0.25, 0.3) is 21.2 Å². The monoisotopic (exact) mass is 254 g/mol. The van der Waals surface area contributed by atoms with Crippen LogP contribution in [0.2, 0.25) is 0 Å². The Morgan fingerprint density at radius 3 is 2.63 bits per heavy atom. The maximum absolute atomic E-state index is 11.9. The molecule has 7 heteroatoms. The van der Waals surface area contributed by atoms with Gasteiger partial charge in [0.05, 0.1) is 11.1 Å². The molecular formula is C12H6N4O3. The van der Waals surface area contributed by atoms with Crippen LogP contribution in [0.5, 0.6) is 0 Å². The van der Waals surface area contributed by atoms with E-state index in [1.807, 2.05) is 0 Å². The molecule has 2 aromatic carbocycles. The fraction of sp³-hybridized carbons (Fsp3) is 0. The van der Waals surface area contributed by atoms with Crippen LogP contribution in [0, 0.1) is 0 Å². The molecule has 0 aromatic heterocycles. The fourth-order valence-electron chi connectivity index (χ4n) is 2.19. The van der Waals surface area contributed by atoms with Gasteiger partial charge in [-0.05, 0) is 29.1 Å². The molecule has 7 nitrogen and oxygen atoms in total. The molecule has 1 N–H and O–H groups in total. The first-order valence-electron chi connectivity index (χ1n) is 5.33. The lowest BCUT2D eigenvalue weighted by atomic mass is 9.94. The summed E-state index contributed by atoms with van der Waals surface area (Å²) in [6.07, 6.45) is 0. The van der Waals surface area contributed by atoms with Crippen molar-refractivity contribution >= 4 is 28.3 Å². The summed E-state index contributed by atoms with van der Waals surface area (Å²) in [4.78, 5) is 26.3. The van der Waals surface area contributed by atoms with Crippen molar-refractivity contribution in [2.45, 2.75) is 0 Å². The van der Waals surface area contributed by atoms with E-state index in [4.69, 9.17) is 5.53 Å². The first-order chi connectivity index (χ1) is 9.13. The minimum atomic E-state index is -0.830. The summed E-state index contributed by atoms with van der Waals surface area (Å²) in [6.45, 7) is 0. The predicted molar refractivity (Wildman–Crippen MR) is 65.0 cm³/mol. The first-order valence-corrected chi connectivity index (χ1v) is 5.33. The minimum absolute atomic E-state index is 0.0664. The van der Waals surface area contributed by atoms with E-state index < -0.39 is 11.8 Å². The van der Waals surface area contributed by atoms with Crippen molar-refractivity contribution in [2.75, 3.05) is 0 Å². The van der Waals surface area contributed by atoms with Gasteiger partial charge in [0.1, 0.15) is 0 Å². The maximum atomic E-state index is 11.9. The van der Waals surface area contributed by atoms with E-state index >= 15 is 0 Å². The largest absolute Gasteiger partial charge is 0.285 e. The highest BCUT2D eigenvalue weighted by Crippen LogP contribution is 2.33. The number of amides is 2. The van der Waals surface area contributed by atoms with Crippen LogP contribution in [0.15, 0.2) is 35.4 Å². The molecule has 0 fully saturated rings. The molecule has 0 radical (unpaired) electrons. The normalized spacial score (nSPS) is 13.6. The van der Waals surface area contributed by atoms with Gasteiger partial charge in [0, 0.05) is 16.0 Å². The highest BCUT2D eigenvalue weighted by molar-refractivity contribution is 6.25. The van der Waals surface area contributed by atoms with Gasteiger partial charge in [-0.1, -0.05) is 17.2 Å². The van der Waals surface area contributed by atoms with Crippen molar-refractivity contribution in [1.29, 1.82) is 0 Å². The number of rotatable bonds is 1. The lowest BCUT2D eigenvalue weighted by Crippen LogP contribution is -2.37. The highest BCUT2D eigenvalue weighted by Gasteiger charge is 2.32. The predicted octanol–water partition coefficient (Wildman–Crippen LogP) is 2.77. The smallest absolute Gasteiger partial charge is 0.278 e. The molecule has 3 rings (SSSR count). The number of nitrogens with zero attached hydrogens (tertiary/aromatic N) is 4. The van der Waals surface area contributed by atoms with Crippen LogP contribution in [-0.4, -0.2) is 22.1 Å². The Labute approximate surface area is 106 Å². The Kier molecular flexibility index (Phi) is 2.25. The van der Waals surface area contributed by atoms with E-state index in [1.54, 1.807) is 18.2 Å². The molecule has 1 heterocycles. The van der Waals surface area contributed by atoms with Gasteiger partial charge in [-0.2, -0.15) is 0 Å². The third-order valence-electron chi connectivity index (χ3n) is 2.97. The molecule has 19 heavy (non-hydrogen) atoms. The minimum Gasteiger partial charge on any atom is -0.278 e. The van der Waals surface area contributed by atoms with E-state index in [9.17, 15) is 14.8 Å². The fourth-order valence-corrected chi connectivity index (χ4v) is 2.19. The first kappa shape index (κ1) is 11.2. The molecule has 0 saturated carbocycles. The molecule has 0 unspecified atom stereocenters. The summed E-state index contributed by atoms with van der Waals surface area (Å²) in [6, 6.07) is 7.78. The standard InChI is InChI=1S/C12H6N4O3/c13-15-14-7-4-6-2-1-3-8-10(6)9(5-7)12(18)16(19)11(8)17/h1-5,19H. The average molecular weight is 254 g/mol. The van der Waals surface area contributed by atoms with Gasteiger partial charge < -0.3 is 0 Å². The Hall–Kier alpha value is -2.89. The molecule has 1 aliphatic rings. The lowest BCUT2D eigenvalue weighted by Gasteiger charge is -2.22. The van der Waals surface area contributed by atoms with Crippen molar-refractivity contribution in [3.8, 4) is 0 Å². The Morgan fingerprint density at radius 1 is 1.16 bits per heavy atom. The van der Waals surface area contributed by atoms with E-state index in [0.29, 0.717) is 10.8 Å². The number of benzene rings is 2. The number of imide groups is 1. The van der Waals surface area contributed by atoms with Crippen LogP contribution < -0.4 is 0 Å². The second kappa shape index (κ2) is 3.81. The van der Waals surface area contributed by atoms with Gasteiger partial charge in [0.15, 0.2) is 0 Å². The van der Waals surface area contributed by atoms with E-state index in [-0.39, 0.29) is 21.9 Å². The van der Waals surface area contributed by atoms with Crippen molar-refractivity contribution in [3.63, 3.8) is 0 Å². The summed E-state index contributed by atoms with van der Waals surface area (Å²) in [5, 5.41) is 14.1. The van der Waals surface area contributed by atoms with E-state index in [1.165, 1.54) is 12.1 Å². The van der Waals surface area contributed by atoms with Crippen molar-refractivity contribution < 1.29 is 14.8 Å². The highest BCUT2D eigenvalue weighted by atomic mass is 16.5. The van der Waals surface area contributed by atoms with Crippen LogP contribution in [0.4, 0.5) is 5.69 Å². The summed E-state index contributed by atoms with van der Waals surface area (Å²) >= 11 is 0. The summed E-state index contributed by atoms with van der Waals surface area (Å²) in [7, 11) is 0. The molecule has 92 valence electrons. The van der Waals surface area contributed by atoms with Crippen LogP contribution in [0.3, 0.4) is 0 Å². The third kappa shape index (κ3) is 1.46. The molecule has 1 aliphatic heterocycles. The van der Waals surface area contributed by atoms with E-state index in [0.717, 1.165) is 0 Å². The van der Waals surface area contributed by atoms with Crippen LogP contribution in [-0.2, 0) is 0 Å². The molecule has 0 aliphatic carbocycles. The molecule has 2 aromatic rings. The Balaban J connectivity index is 2.47. The summed E-state index contributed by atoms with van der Waals surface area (Å²) in [5.41, 5.74) is 9.07. The van der Waals surface area contributed by atoms with Gasteiger partial charge in [-0.15, -0.1) is 5.06 Å². The number of carbonyl (C=O) groups is 2. The molecule has 2 amide bonds. The topological polar surface area (TPSA) is 106 Å². The van der Waals surface area contributed by atoms with Gasteiger partial charge >= 0.3 is 0 Å². The van der Waals surface area contributed by atoms with Crippen LogP contribution >= 0.6 is 0 Å². The zero-order chi connectivity index (χ0) is 13.6. The summed E-state index contributed by atoms with van der Waals surface area (Å²) < 4.78 is 0. The van der Waals surface area contributed by atoms with E-state index in [2.05, 4.69) is 10.0 Å². The Morgan fingerprint density at radius 2 is 1.89 bits per heavy atom. The van der Waals surface area contributed by atoms with Gasteiger partial charge in [-0.3, -0.25) is 14.8 Å².